The van der Waals surface area contributed by atoms with Gasteiger partial charge in [-0.15, -0.1) is 0 Å². The van der Waals surface area contributed by atoms with Gasteiger partial charge in [-0.25, -0.2) is 21.6 Å². The van der Waals surface area contributed by atoms with Crippen molar-refractivity contribution in [1.82, 2.24) is 9.21 Å². The molecule has 1 aromatic carbocycles. The number of likely N-dealkylation sites (N-methyl/N-ethyl adjacent to an activating group) is 1. The zero-order chi connectivity index (χ0) is 23.7. The molecule has 11 heteroatoms. The molecule has 0 aromatic heterocycles. The Kier molecular flexibility index (Phi) is 7.31. The summed E-state index contributed by atoms with van der Waals surface area (Å²) in [6.07, 6.45) is 1.35. The fraction of sp³-hybridized carbons (Fsp3) is 0.619. The second kappa shape index (κ2) is 9.48. The number of hydrogen-bond acceptors (Lipinski definition) is 7. The van der Waals surface area contributed by atoms with E-state index in [1.165, 1.54) is 40.5 Å². The summed E-state index contributed by atoms with van der Waals surface area (Å²) in [7, 11) is -5.30. The lowest BCUT2D eigenvalue weighted by Gasteiger charge is -2.34. The Morgan fingerprint density at radius 1 is 1.12 bits per heavy atom. The van der Waals surface area contributed by atoms with Gasteiger partial charge in [0.1, 0.15) is 0 Å². The number of carbonyl (C=O) groups excluding carboxylic acids is 2. The predicted octanol–water partition coefficient (Wildman–Crippen LogP) is 1.16. The fourth-order valence-corrected chi connectivity index (χ4v) is 7.76. The summed E-state index contributed by atoms with van der Waals surface area (Å²) >= 11 is 0. The van der Waals surface area contributed by atoms with Crippen LogP contribution in [0.2, 0.25) is 0 Å². The van der Waals surface area contributed by atoms with Crippen LogP contribution >= 0.6 is 0 Å². The number of hydrogen-bond donors (Lipinski definition) is 0. The fourth-order valence-electron chi connectivity index (χ4n) is 4.31. The molecule has 0 N–H and O–H groups in total. The van der Waals surface area contributed by atoms with E-state index in [4.69, 9.17) is 4.74 Å². The summed E-state index contributed by atoms with van der Waals surface area (Å²) in [5.74, 6) is -0.735. The van der Waals surface area contributed by atoms with Gasteiger partial charge in [-0.3, -0.25) is 4.79 Å². The molecule has 1 amide bonds. The lowest BCUT2D eigenvalue weighted by atomic mass is 9.94. The molecular weight excluding hydrogens is 456 g/mol. The molecule has 2 aliphatic heterocycles. The molecule has 2 heterocycles. The summed E-state index contributed by atoms with van der Waals surface area (Å²) in [4.78, 5) is 26.0. The van der Waals surface area contributed by atoms with Crippen LogP contribution in [0.25, 0.3) is 0 Å². The third-order valence-corrected chi connectivity index (χ3v) is 9.64. The third-order valence-electron chi connectivity index (χ3n) is 6.04. The Hall–Kier alpha value is -1.98. The number of ether oxygens (including phenoxy) is 1. The predicted molar refractivity (Wildman–Crippen MR) is 118 cm³/mol. The van der Waals surface area contributed by atoms with Crippen molar-refractivity contribution >= 4 is 31.7 Å². The van der Waals surface area contributed by atoms with Crippen LogP contribution in [0.4, 0.5) is 0 Å². The van der Waals surface area contributed by atoms with Gasteiger partial charge in [-0.1, -0.05) is 13.8 Å². The van der Waals surface area contributed by atoms with E-state index in [2.05, 4.69) is 0 Å². The number of nitrogens with zero attached hydrogens (tertiary/aromatic N) is 2. The lowest BCUT2D eigenvalue weighted by Crippen LogP contribution is -2.42. The summed E-state index contributed by atoms with van der Waals surface area (Å²) in [6, 6.07) is 5.05. The van der Waals surface area contributed by atoms with Crippen LogP contribution in [0.3, 0.4) is 0 Å². The van der Waals surface area contributed by atoms with Crippen molar-refractivity contribution in [3.8, 4) is 0 Å². The number of amides is 1. The van der Waals surface area contributed by atoms with Crippen LogP contribution < -0.4 is 0 Å². The van der Waals surface area contributed by atoms with Crippen molar-refractivity contribution < 1.29 is 31.2 Å². The third kappa shape index (κ3) is 5.68. The smallest absolute Gasteiger partial charge is 0.338 e. The largest absolute Gasteiger partial charge is 0.452 e. The van der Waals surface area contributed by atoms with E-state index in [1.807, 2.05) is 13.8 Å². The number of esters is 1. The van der Waals surface area contributed by atoms with E-state index in [9.17, 15) is 26.4 Å². The van der Waals surface area contributed by atoms with E-state index < -0.39 is 44.4 Å². The van der Waals surface area contributed by atoms with Gasteiger partial charge in [0, 0.05) is 26.2 Å². The monoisotopic (exact) mass is 486 g/mol. The highest BCUT2D eigenvalue weighted by Crippen LogP contribution is 2.27. The molecule has 0 radical (unpaired) electrons. The van der Waals surface area contributed by atoms with Gasteiger partial charge in [0.05, 0.1) is 22.0 Å². The van der Waals surface area contributed by atoms with E-state index in [1.54, 1.807) is 0 Å². The van der Waals surface area contributed by atoms with Crippen LogP contribution in [0.1, 0.15) is 37.0 Å². The van der Waals surface area contributed by atoms with E-state index in [0.717, 1.165) is 6.42 Å². The lowest BCUT2D eigenvalue weighted by molar-refractivity contribution is -0.134. The molecular formula is C21H30N2O7S2. The first-order valence-corrected chi connectivity index (χ1v) is 13.9. The van der Waals surface area contributed by atoms with Crippen molar-refractivity contribution in [2.24, 2.45) is 11.8 Å². The zero-order valence-corrected chi connectivity index (χ0v) is 20.2. The quantitative estimate of drug-likeness (QED) is 0.554. The molecule has 2 aliphatic rings. The Morgan fingerprint density at radius 2 is 1.72 bits per heavy atom. The maximum Gasteiger partial charge on any atom is 0.338 e. The molecule has 2 saturated heterocycles. The first-order valence-electron chi connectivity index (χ1n) is 10.6. The Labute approximate surface area is 189 Å². The Bertz CT molecular complexity index is 1060. The van der Waals surface area contributed by atoms with E-state index >= 15 is 0 Å². The molecule has 0 saturated carbocycles. The molecule has 0 bridgehead atoms. The van der Waals surface area contributed by atoms with Crippen LogP contribution in [-0.4, -0.2) is 82.2 Å². The average Bonchev–Trinajstić information content (AvgIpc) is 3.10. The second-order valence-corrected chi connectivity index (χ2v) is 13.1. The van der Waals surface area contributed by atoms with Crippen molar-refractivity contribution in [2.75, 3.05) is 38.2 Å². The normalized spacial score (nSPS) is 25.9. The van der Waals surface area contributed by atoms with Crippen molar-refractivity contribution in [3.63, 3.8) is 0 Å². The molecule has 0 spiro atoms. The molecule has 0 aliphatic carbocycles. The minimum Gasteiger partial charge on any atom is -0.452 e. The van der Waals surface area contributed by atoms with Crippen LogP contribution in [0.5, 0.6) is 0 Å². The van der Waals surface area contributed by atoms with E-state index in [-0.39, 0.29) is 33.8 Å². The zero-order valence-electron chi connectivity index (χ0n) is 18.6. The number of sulfone groups is 1. The summed E-state index contributed by atoms with van der Waals surface area (Å²) in [6.45, 7) is 4.47. The molecule has 1 aromatic rings. The molecule has 3 atom stereocenters. The average molecular weight is 487 g/mol. The van der Waals surface area contributed by atoms with Gasteiger partial charge in [0.2, 0.25) is 10.0 Å². The number of piperidine rings is 1. The maximum atomic E-state index is 12.9. The van der Waals surface area contributed by atoms with Crippen LogP contribution in [0, 0.1) is 11.8 Å². The first-order chi connectivity index (χ1) is 14.9. The summed E-state index contributed by atoms with van der Waals surface area (Å²) < 4.78 is 55.6. The van der Waals surface area contributed by atoms with Crippen molar-refractivity contribution in [1.29, 1.82) is 0 Å². The number of carbonyl (C=O) groups is 2. The Balaban J connectivity index is 1.58. The molecule has 178 valence electrons. The first kappa shape index (κ1) is 24.7. The van der Waals surface area contributed by atoms with Gasteiger partial charge in [-0.2, -0.15) is 4.31 Å². The van der Waals surface area contributed by atoms with Crippen molar-refractivity contribution in [3.05, 3.63) is 29.8 Å². The van der Waals surface area contributed by atoms with Crippen molar-refractivity contribution in [2.45, 2.75) is 37.6 Å². The highest BCUT2D eigenvalue weighted by Gasteiger charge is 2.33. The number of sulfonamides is 1. The molecule has 32 heavy (non-hydrogen) atoms. The molecule has 9 nitrogen and oxygen atoms in total. The summed E-state index contributed by atoms with van der Waals surface area (Å²) in [5.41, 5.74) is 0.128. The van der Waals surface area contributed by atoms with Gasteiger partial charge < -0.3 is 9.64 Å². The molecule has 3 rings (SSSR count). The van der Waals surface area contributed by atoms with E-state index in [0.29, 0.717) is 19.5 Å². The van der Waals surface area contributed by atoms with Gasteiger partial charge in [-0.05, 0) is 48.9 Å². The molecule has 3 unspecified atom stereocenters. The minimum absolute atomic E-state index is 0.0413. The minimum atomic E-state index is -3.65. The molecule has 2 fully saturated rings. The Morgan fingerprint density at radius 3 is 2.25 bits per heavy atom. The highest BCUT2D eigenvalue weighted by molar-refractivity contribution is 7.91. The topological polar surface area (TPSA) is 118 Å². The second-order valence-electron chi connectivity index (χ2n) is 8.93. The maximum absolute atomic E-state index is 12.9. The number of benzene rings is 1. The van der Waals surface area contributed by atoms with Gasteiger partial charge in [0.25, 0.3) is 5.91 Å². The van der Waals surface area contributed by atoms with Gasteiger partial charge >= 0.3 is 5.97 Å². The van der Waals surface area contributed by atoms with Crippen LogP contribution in [0.15, 0.2) is 29.2 Å². The standard InChI is InChI=1S/C21H30N2O7S2/c1-15-10-16(2)12-23(11-15)32(28,29)19-6-4-17(5-7-19)21(25)30-13-20(24)22(3)18-8-9-31(26,27)14-18/h4-7,15-16,18H,8-14H2,1-3H3. The SMILES string of the molecule is CC1CC(C)CN(S(=O)(=O)c2ccc(C(=O)OCC(=O)N(C)C3CCS(=O)(=O)C3)cc2)C1. The summed E-state index contributed by atoms with van der Waals surface area (Å²) in [5, 5.41) is 0. The highest BCUT2D eigenvalue weighted by atomic mass is 32.2. The van der Waals surface area contributed by atoms with Crippen LogP contribution in [-0.2, 0) is 29.4 Å². The number of rotatable bonds is 6. The van der Waals surface area contributed by atoms with Gasteiger partial charge in [0.15, 0.2) is 16.4 Å².